The molecule has 72 valence electrons. The molecule has 0 aromatic carbocycles. The normalized spacial score (nSPS) is 20.0. The molecule has 2 rings (SSSR count). The first-order valence-electron chi connectivity index (χ1n) is 4.77. The van der Waals surface area contributed by atoms with Gasteiger partial charge in [0.05, 0.1) is 22.7 Å². The van der Waals surface area contributed by atoms with Crippen LogP contribution in [0.25, 0.3) is 0 Å². The number of rotatable bonds is 3. The minimum Gasteiger partial charge on any atom is -0.379 e. The van der Waals surface area contributed by atoms with E-state index in [1.165, 1.54) is 6.17 Å². The van der Waals surface area contributed by atoms with Gasteiger partial charge in [0.15, 0.2) is 0 Å². The third-order valence-corrected chi connectivity index (χ3v) is 5.79. The van der Waals surface area contributed by atoms with Crippen molar-refractivity contribution in [1.29, 1.82) is 0 Å². The van der Waals surface area contributed by atoms with Gasteiger partial charge in [0.25, 0.3) is 0 Å². The van der Waals surface area contributed by atoms with E-state index >= 15 is 0 Å². The standard InChI is InChI=1S/C9H15NOSSi/c1-2-9(12-7-1)13-8-10-3-5-11-6-4-10/h1-2,7H,3-6,8,13H2. The molecule has 0 unspecified atom stereocenters. The highest BCUT2D eigenvalue weighted by atomic mass is 32.1. The van der Waals surface area contributed by atoms with E-state index in [9.17, 15) is 0 Å². The zero-order chi connectivity index (χ0) is 8.93. The number of hydrogen-bond donors (Lipinski definition) is 0. The van der Waals surface area contributed by atoms with E-state index in [0.717, 1.165) is 26.3 Å². The SMILES string of the molecule is c1csc([SiH2]CN2CCOCC2)c1. The molecule has 0 atom stereocenters. The second-order valence-electron chi connectivity index (χ2n) is 3.28. The van der Waals surface area contributed by atoms with Crippen LogP contribution in [0.1, 0.15) is 0 Å². The Morgan fingerprint density at radius 3 is 3.00 bits per heavy atom. The molecule has 0 bridgehead atoms. The Balaban J connectivity index is 1.72. The lowest BCUT2D eigenvalue weighted by Gasteiger charge is -2.26. The molecule has 0 N–H and O–H groups in total. The van der Waals surface area contributed by atoms with Crippen LogP contribution >= 0.6 is 11.3 Å². The van der Waals surface area contributed by atoms with Crippen LogP contribution in [-0.4, -0.2) is 46.9 Å². The maximum absolute atomic E-state index is 5.31. The topological polar surface area (TPSA) is 12.5 Å². The minimum absolute atomic E-state index is 0.0252. The maximum Gasteiger partial charge on any atom is 0.0830 e. The van der Waals surface area contributed by atoms with Crippen molar-refractivity contribution in [2.45, 2.75) is 0 Å². The molecular formula is C9H15NOSSi. The summed E-state index contributed by atoms with van der Waals surface area (Å²) < 4.78 is 6.94. The summed E-state index contributed by atoms with van der Waals surface area (Å²) in [5, 5.41) is 2.18. The van der Waals surface area contributed by atoms with E-state index in [1.54, 1.807) is 4.50 Å². The summed E-state index contributed by atoms with van der Waals surface area (Å²) in [5.74, 6) is 0. The Morgan fingerprint density at radius 1 is 1.46 bits per heavy atom. The van der Waals surface area contributed by atoms with Gasteiger partial charge in [-0.1, -0.05) is 12.1 Å². The van der Waals surface area contributed by atoms with Gasteiger partial charge in [-0.3, -0.25) is 0 Å². The van der Waals surface area contributed by atoms with Crippen LogP contribution < -0.4 is 4.50 Å². The van der Waals surface area contributed by atoms with E-state index in [-0.39, 0.29) is 9.52 Å². The first-order valence-corrected chi connectivity index (χ1v) is 7.36. The molecule has 1 aliphatic heterocycles. The van der Waals surface area contributed by atoms with Crippen LogP contribution in [0.15, 0.2) is 17.5 Å². The van der Waals surface area contributed by atoms with Crippen molar-refractivity contribution in [1.82, 2.24) is 4.90 Å². The highest BCUT2D eigenvalue weighted by molar-refractivity contribution is 7.19. The fourth-order valence-electron chi connectivity index (χ4n) is 1.55. The van der Waals surface area contributed by atoms with Gasteiger partial charge in [-0.25, -0.2) is 0 Å². The summed E-state index contributed by atoms with van der Waals surface area (Å²) in [7, 11) is -0.0252. The lowest BCUT2D eigenvalue weighted by Crippen LogP contribution is -2.40. The molecule has 0 aliphatic carbocycles. The van der Waals surface area contributed by atoms with Gasteiger partial charge in [0, 0.05) is 13.1 Å². The Bertz CT molecular complexity index is 234. The van der Waals surface area contributed by atoms with Gasteiger partial charge < -0.3 is 9.64 Å². The lowest BCUT2D eigenvalue weighted by molar-refractivity contribution is 0.0464. The molecule has 13 heavy (non-hydrogen) atoms. The fraction of sp³-hybridized carbons (Fsp3) is 0.556. The van der Waals surface area contributed by atoms with Crippen molar-refractivity contribution >= 4 is 25.4 Å². The number of morpholine rings is 1. The summed E-state index contributed by atoms with van der Waals surface area (Å²) in [6.45, 7) is 4.13. The highest BCUT2D eigenvalue weighted by Gasteiger charge is 2.09. The van der Waals surface area contributed by atoms with Crippen molar-refractivity contribution in [2.75, 3.05) is 32.5 Å². The third kappa shape index (κ3) is 2.91. The lowest BCUT2D eigenvalue weighted by atomic mass is 10.5. The summed E-state index contributed by atoms with van der Waals surface area (Å²) >= 11 is 1.92. The zero-order valence-corrected chi connectivity index (χ0v) is 9.97. The van der Waals surface area contributed by atoms with Gasteiger partial charge in [-0.15, -0.1) is 0 Å². The van der Waals surface area contributed by atoms with Crippen LogP contribution in [0.5, 0.6) is 0 Å². The number of nitrogens with zero attached hydrogens (tertiary/aromatic N) is 1. The van der Waals surface area contributed by atoms with Crippen LogP contribution in [0.2, 0.25) is 0 Å². The molecule has 0 saturated carbocycles. The average molecular weight is 213 g/mol. The Hall–Kier alpha value is -0.163. The van der Waals surface area contributed by atoms with Crippen molar-refractivity contribution < 1.29 is 4.74 Å². The fourth-order valence-corrected chi connectivity index (χ4v) is 4.36. The average Bonchev–Trinajstić information content (AvgIpc) is 2.69. The molecule has 1 saturated heterocycles. The van der Waals surface area contributed by atoms with Gasteiger partial charge >= 0.3 is 0 Å². The third-order valence-electron chi connectivity index (χ3n) is 2.36. The predicted octanol–water partition coefficient (Wildman–Crippen LogP) is -0.168. The van der Waals surface area contributed by atoms with Crippen LogP contribution in [-0.2, 0) is 4.74 Å². The molecule has 0 amide bonds. The van der Waals surface area contributed by atoms with E-state index in [2.05, 4.69) is 22.4 Å². The van der Waals surface area contributed by atoms with Gasteiger partial charge in [-0.2, -0.15) is 11.3 Å². The first-order chi connectivity index (χ1) is 6.45. The largest absolute Gasteiger partial charge is 0.379 e. The summed E-state index contributed by atoms with van der Waals surface area (Å²) in [6, 6.07) is 4.43. The van der Waals surface area contributed by atoms with Crippen LogP contribution in [0, 0.1) is 0 Å². The summed E-state index contributed by atoms with van der Waals surface area (Å²) in [6.07, 6.45) is 1.32. The molecule has 4 heteroatoms. The van der Waals surface area contributed by atoms with E-state index in [0.29, 0.717) is 0 Å². The highest BCUT2D eigenvalue weighted by Crippen LogP contribution is 1.96. The molecule has 1 aromatic heterocycles. The Morgan fingerprint density at radius 2 is 2.31 bits per heavy atom. The molecule has 1 fully saturated rings. The van der Waals surface area contributed by atoms with Crippen molar-refractivity contribution in [3.05, 3.63) is 17.5 Å². The molecule has 1 aliphatic rings. The van der Waals surface area contributed by atoms with E-state index in [4.69, 9.17) is 4.74 Å². The van der Waals surface area contributed by atoms with Crippen molar-refractivity contribution in [3.8, 4) is 0 Å². The predicted molar refractivity (Wildman–Crippen MR) is 59.8 cm³/mol. The molecule has 1 aromatic rings. The van der Waals surface area contributed by atoms with Gasteiger partial charge in [0.1, 0.15) is 0 Å². The second kappa shape index (κ2) is 4.90. The molecule has 2 heterocycles. The van der Waals surface area contributed by atoms with Crippen LogP contribution in [0.3, 0.4) is 0 Å². The second-order valence-corrected chi connectivity index (χ2v) is 6.54. The minimum atomic E-state index is -0.0252. The number of hydrogen-bond acceptors (Lipinski definition) is 3. The molecular weight excluding hydrogens is 198 g/mol. The number of ether oxygens (including phenoxy) is 1. The number of thiophene rings is 1. The Labute approximate surface area is 85.3 Å². The Kier molecular flexibility index (Phi) is 3.54. The molecule has 0 radical (unpaired) electrons. The van der Waals surface area contributed by atoms with E-state index in [1.807, 2.05) is 11.3 Å². The van der Waals surface area contributed by atoms with Crippen molar-refractivity contribution in [2.24, 2.45) is 0 Å². The monoisotopic (exact) mass is 213 g/mol. The smallest absolute Gasteiger partial charge is 0.0830 e. The quantitative estimate of drug-likeness (QED) is 0.647. The summed E-state index contributed by atoms with van der Waals surface area (Å²) in [4.78, 5) is 2.54. The van der Waals surface area contributed by atoms with Gasteiger partial charge in [0.2, 0.25) is 0 Å². The molecule has 2 nitrogen and oxygen atoms in total. The summed E-state index contributed by atoms with van der Waals surface area (Å²) in [5.41, 5.74) is 0. The maximum atomic E-state index is 5.31. The van der Waals surface area contributed by atoms with E-state index < -0.39 is 0 Å². The van der Waals surface area contributed by atoms with Crippen LogP contribution in [0.4, 0.5) is 0 Å². The first kappa shape index (κ1) is 9.39. The van der Waals surface area contributed by atoms with Crippen molar-refractivity contribution in [3.63, 3.8) is 0 Å². The zero-order valence-electron chi connectivity index (χ0n) is 7.74. The molecule has 0 spiro atoms. The van der Waals surface area contributed by atoms with Gasteiger partial charge in [-0.05, 0) is 16.0 Å².